The van der Waals surface area contributed by atoms with Crippen molar-refractivity contribution in [3.05, 3.63) is 54.1 Å². The van der Waals surface area contributed by atoms with E-state index in [0.717, 1.165) is 24.8 Å². The summed E-state index contributed by atoms with van der Waals surface area (Å²) in [6.07, 6.45) is 6.66. The smallest absolute Gasteiger partial charge is 0.744 e. The Morgan fingerprint density at radius 1 is 0.960 bits per heavy atom. The van der Waals surface area contributed by atoms with E-state index in [1.54, 1.807) is 36.4 Å². The van der Waals surface area contributed by atoms with Crippen LogP contribution in [0.2, 0.25) is 0 Å². The fraction of sp³-hybridized carbons (Fsp3) is 0.368. The molecule has 2 aromatic carbocycles. The van der Waals surface area contributed by atoms with Crippen LogP contribution in [0.25, 0.3) is 0 Å². The minimum atomic E-state index is -4.58. The van der Waals surface area contributed by atoms with Crippen LogP contribution in [-0.2, 0) is 16.5 Å². The monoisotopic (exact) mass is 386 g/mol. The molecule has 0 amide bonds. The van der Waals surface area contributed by atoms with Crippen LogP contribution in [0.4, 0.5) is 0 Å². The summed E-state index contributed by atoms with van der Waals surface area (Å²) in [6, 6.07) is 13.6. The van der Waals surface area contributed by atoms with Gasteiger partial charge in [-0.15, -0.1) is 0 Å². The molecule has 130 valence electrons. The minimum Gasteiger partial charge on any atom is -0.744 e. The van der Waals surface area contributed by atoms with Crippen LogP contribution in [0.15, 0.2) is 53.4 Å². The largest absolute Gasteiger partial charge is 1.00 e. The molecule has 6 heteroatoms. The number of hydrogen-bond donors (Lipinski definition) is 0. The molecule has 0 saturated carbocycles. The van der Waals surface area contributed by atoms with E-state index in [0.29, 0.717) is 5.75 Å². The van der Waals surface area contributed by atoms with Gasteiger partial charge >= 0.3 is 51.4 Å². The normalized spacial score (nSPS) is 11.0. The zero-order valence-electron chi connectivity index (χ0n) is 14.9. The number of para-hydroxylation sites is 1. The van der Waals surface area contributed by atoms with Gasteiger partial charge in [0.05, 0.1) is 4.90 Å². The van der Waals surface area contributed by atoms with Crippen molar-refractivity contribution >= 4 is 10.1 Å². The Balaban J connectivity index is 0.00000312. The molecule has 2 rings (SSSR count). The number of unbranched alkanes of at least 4 members (excludes halogenated alkanes) is 4. The van der Waals surface area contributed by atoms with Gasteiger partial charge in [0.1, 0.15) is 21.6 Å². The average molecular weight is 387 g/mol. The minimum absolute atomic E-state index is 0. The first kappa shape index (κ1) is 22.8. The van der Waals surface area contributed by atoms with Gasteiger partial charge in [0.15, 0.2) is 0 Å². The predicted octanol–water partition coefficient (Wildman–Crippen LogP) is 1.90. The van der Waals surface area contributed by atoms with Crippen molar-refractivity contribution in [1.29, 1.82) is 0 Å². The molecule has 0 spiro atoms. The fourth-order valence-electron chi connectivity index (χ4n) is 2.54. The molecule has 25 heavy (non-hydrogen) atoms. The fourth-order valence-corrected chi connectivity index (χ4v) is 3.12. The van der Waals surface area contributed by atoms with Crippen molar-refractivity contribution in [3.8, 4) is 11.5 Å². The molecule has 0 atom stereocenters. The molecule has 4 nitrogen and oxygen atoms in total. The number of benzene rings is 2. The third kappa shape index (κ3) is 7.91. The summed E-state index contributed by atoms with van der Waals surface area (Å²) in [5, 5.41) is 0. The molecule has 0 aliphatic carbocycles. The Kier molecular flexibility index (Phi) is 10.5. The molecule has 0 aliphatic heterocycles. The Morgan fingerprint density at radius 3 is 2.28 bits per heavy atom. The van der Waals surface area contributed by atoms with E-state index >= 15 is 0 Å². The second-order valence-electron chi connectivity index (χ2n) is 5.81. The molecule has 2 aromatic rings. The van der Waals surface area contributed by atoms with E-state index in [9.17, 15) is 13.0 Å². The summed E-state index contributed by atoms with van der Waals surface area (Å²) in [5.41, 5.74) is 0.977. The van der Waals surface area contributed by atoms with Gasteiger partial charge in [-0.1, -0.05) is 56.9 Å². The SMILES string of the molecule is CCCCCCCc1ccc(S(=O)(=O)[O-])c(Oc2ccccc2)c1.[K+]. The topological polar surface area (TPSA) is 66.4 Å². The Labute approximate surface area is 193 Å². The Hall–Kier alpha value is -0.214. The number of ether oxygens (including phenoxy) is 1. The van der Waals surface area contributed by atoms with Crippen LogP contribution in [-0.4, -0.2) is 13.0 Å². The predicted molar refractivity (Wildman–Crippen MR) is 93.4 cm³/mol. The van der Waals surface area contributed by atoms with Gasteiger partial charge < -0.3 is 9.29 Å². The van der Waals surface area contributed by atoms with Crippen LogP contribution in [0.3, 0.4) is 0 Å². The molecule has 0 radical (unpaired) electrons. The second kappa shape index (κ2) is 11.5. The van der Waals surface area contributed by atoms with Gasteiger partial charge in [0.2, 0.25) is 0 Å². The summed E-state index contributed by atoms with van der Waals surface area (Å²) in [7, 11) is -4.58. The van der Waals surface area contributed by atoms with Crippen molar-refractivity contribution in [2.45, 2.75) is 50.3 Å². The quantitative estimate of drug-likeness (QED) is 0.375. The van der Waals surface area contributed by atoms with Crippen LogP contribution in [0.1, 0.15) is 44.6 Å². The average Bonchev–Trinajstić information content (AvgIpc) is 2.55. The maximum absolute atomic E-state index is 11.5. The van der Waals surface area contributed by atoms with Gasteiger partial charge in [-0.3, -0.25) is 0 Å². The molecule has 0 unspecified atom stereocenters. The third-order valence-corrected chi connectivity index (χ3v) is 4.69. The van der Waals surface area contributed by atoms with Crippen LogP contribution in [0.5, 0.6) is 11.5 Å². The molecule has 0 bridgehead atoms. The van der Waals surface area contributed by atoms with Crippen LogP contribution < -0.4 is 56.1 Å². The van der Waals surface area contributed by atoms with Gasteiger partial charge in [0, 0.05) is 0 Å². The first-order chi connectivity index (χ1) is 11.5. The van der Waals surface area contributed by atoms with Crippen LogP contribution in [0, 0.1) is 0 Å². The molecule has 0 N–H and O–H groups in total. The van der Waals surface area contributed by atoms with E-state index in [2.05, 4.69) is 6.92 Å². The van der Waals surface area contributed by atoms with Crippen molar-refractivity contribution in [3.63, 3.8) is 0 Å². The molecular weight excluding hydrogens is 363 g/mol. The number of aryl methyl sites for hydroxylation is 1. The maximum atomic E-state index is 11.5. The molecule has 0 fully saturated rings. The first-order valence-electron chi connectivity index (χ1n) is 8.32. The van der Waals surface area contributed by atoms with E-state index in [4.69, 9.17) is 4.74 Å². The van der Waals surface area contributed by atoms with E-state index in [1.807, 2.05) is 6.07 Å². The zero-order chi connectivity index (χ0) is 17.4. The van der Waals surface area contributed by atoms with Gasteiger partial charge in [-0.25, -0.2) is 8.42 Å². The van der Waals surface area contributed by atoms with Gasteiger partial charge in [0.25, 0.3) is 0 Å². The molecule has 0 aromatic heterocycles. The summed E-state index contributed by atoms with van der Waals surface area (Å²) in [5.74, 6) is 0.602. The molecule has 0 aliphatic rings. The number of rotatable bonds is 9. The maximum Gasteiger partial charge on any atom is 1.00 e. The number of hydrogen-bond acceptors (Lipinski definition) is 4. The third-order valence-electron chi connectivity index (χ3n) is 3.82. The molecule has 0 saturated heterocycles. The zero-order valence-corrected chi connectivity index (χ0v) is 18.8. The van der Waals surface area contributed by atoms with Crippen LogP contribution >= 0.6 is 0 Å². The first-order valence-corrected chi connectivity index (χ1v) is 9.73. The van der Waals surface area contributed by atoms with E-state index < -0.39 is 10.1 Å². The molecule has 0 heterocycles. The van der Waals surface area contributed by atoms with Crippen molar-refractivity contribution in [2.24, 2.45) is 0 Å². The standard InChI is InChI=1S/C19H24O4S.K/c1-2-3-4-5-7-10-16-13-14-19(24(20,21)22)18(15-16)23-17-11-8-6-9-12-17;/h6,8-9,11-15H,2-5,7,10H2,1H3,(H,20,21,22);/q;+1/p-1. The van der Waals surface area contributed by atoms with E-state index in [1.165, 1.54) is 25.3 Å². The Bertz CT molecular complexity index is 745. The second-order valence-corrected chi connectivity index (χ2v) is 7.16. The van der Waals surface area contributed by atoms with E-state index in [-0.39, 0.29) is 62.0 Å². The summed E-state index contributed by atoms with van der Waals surface area (Å²) in [4.78, 5) is -0.318. The summed E-state index contributed by atoms with van der Waals surface area (Å²) >= 11 is 0. The summed E-state index contributed by atoms with van der Waals surface area (Å²) in [6.45, 7) is 2.18. The van der Waals surface area contributed by atoms with Crippen molar-refractivity contribution in [1.82, 2.24) is 0 Å². The van der Waals surface area contributed by atoms with Gasteiger partial charge in [-0.05, 0) is 42.7 Å². The van der Waals surface area contributed by atoms with Gasteiger partial charge in [-0.2, -0.15) is 0 Å². The Morgan fingerprint density at radius 2 is 1.64 bits per heavy atom. The van der Waals surface area contributed by atoms with Crippen molar-refractivity contribution < 1.29 is 69.1 Å². The van der Waals surface area contributed by atoms with Crippen molar-refractivity contribution in [2.75, 3.05) is 0 Å². The molecular formula is C19H23KO4S. The summed E-state index contributed by atoms with van der Waals surface area (Å²) < 4.78 is 40.0.